The van der Waals surface area contributed by atoms with Crippen molar-refractivity contribution in [2.75, 3.05) is 48.4 Å². The molecule has 0 saturated carbocycles. The third kappa shape index (κ3) is 4.20. The van der Waals surface area contributed by atoms with Gasteiger partial charge in [-0.2, -0.15) is 4.98 Å². The Kier molecular flexibility index (Phi) is 5.80. The molecule has 9 nitrogen and oxygen atoms in total. The zero-order chi connectivity index (χ0) is 21.1. The second-order valence-corrected chi connectivity index (χ2v) is 7.41. The van der Waals surface area contributed by atoms with Gasteiger partial charge in [0.1, 0.15) is 11.5 Å². The number of carbonyl (C=O) groups excluding carboxylic acids is 2. The maximum absolute atomic E-state index is 12.9. The van der Waals surface area contributed by atoms with Crippen molar-refractivity contribution in [3.63, 3.8) is 0 Å². The topological polar surface area (TPSA) is 99.7 Å². The van der Waals surface area contributed by atoms with Crippen molar-refractivity contribution in [2.24, 2.45) is 0 Å². The molecule has 0 spiro atoms. The van der Waals surface area contributed by atoms with E-state index >= 15 is 0 Å². The zero-order valence-corrected chi connectivity index (χ0v) is 17.3. The SMILES string of the molecule is CCCN1Cc2c(Nc3ccc(NC(C)=O)cc3)nc(N3CCOCC3)nc2C1=O. The molecule has 2 aliphatic rings. The molecule has 0 unspecified atom stereocenters. The summed E-state index contributed by atoms with van der Waals surface area (Å²) >= 11 is 0. The summed E-state index contributed by atoms with van der Waals surface area (Å²) < 4.78 is 5.43. The number of rotatable bonds is 6. The molecule has 0 bridgehead atoms. The van der Waals surface area contributed by atoms with E-state index in [9.17, 15) is 9.59 Å². The quantitative estimate of drug-likeness (QED) is 0.754. The maximum atomic E-state index is 12.9. The maximum Gasteiger partial charge on any atom is 0.273 e. The minimum absolute atomic E-state index is 0.0483. The van der Waals surface area contributed by atoms with Crippen LogP contribution in [0.25, 0.3) is 0 Å². The number of ether oxygens (including phenoxy) is 1. The molecule has 2 N–H and O–H groups in total. The van der Waals surface area contributed by atoms with Crippen molar-refractivity contribution < 1.29 is 14.3 Å². The first-order valence-corrected chi connectivity index (χ1v) is 10.2. The van der Waals surface area contributed by atoms with Crippen LogP contribution in [0.5, 0.6) is 0 Å². The number of morpholine rings is 1. The molecule has 0 aliphatic carbocycles. The molecule has 0 atom stereocenters. The van der Waals surface area contributed by atoms with Crippen LogP contribution in [-0.2, 0) is 16.1 Å². The Balaban J connectivity index is 1.65. The van der Waals surface area contributed by atoms with Gasteiger partial charge in [-0.15, -0.1) is 0 Å². The molecule has 2 aliphatic heterocycles. The molecular weight excluding hydrogens is 384 g/mol. The lowest BCUT2D eigenvalue weighted by molar-refractivity contribution is -0.114. The predicted octanol–water partition coefficient (Wildman–Crippen LogP) is 2.38. The van der Waals surface area contributed by atoms with Gasteiger partial charge < -0.3 is 25.2 Å². The number of carbonyl (C=O) groups is 2. The fourth-order valence-electron chi connectivity index (χ4n) is 3.65. The van der Waals surface area contributed by atoms with Gasteiger partial charge in [0.05, 0.1) is 19.8 Å². The first-order chi connectivity index (χ1) is 14.5. The monoisotopic (exact) mass is 410 g/mol. The van der Waals surface area contributed by atoms with Crippen LogP contribution in [0, 0.1) is 0 Å². The summed E-state index contributed by atoms with van der Waals surface area (Å²) in [5.41, 5.74) is 2.83. The first kappa shape index (κ1) is 20.1. The molecule has 30 heavy (non-hydrogen) atoms. The summed E-state index contributed by atoms with van der Waals surface area (Å²) in [5.74, 6) is 1.02. The van der Waals surface area contributed by atoms with Gasteiger partial charge >= 0.3 is 0 Å². The van der Waals surface area contributed by atoms with E-state index in [1.54, 1.807) is 0 Å². The van der Waals surface area contributed by atoms with Crippen molar-refractivity contribution in [3.05, 3.63) is 35.5 Å². The highest BCUT2D eigenvalue weighted by molar-refractivity contribution is 5.98. The van der Waals surface area contributed by atoms with Gasteiger partial charge in [0.25, 0.3) is 5.91 Å². The molecule has 2 aromatic rings. The lowest BCUT2D eigenvalue weighted by atomic mass is 10.2. The average molecular weight is 410 g/mol. The number of hydrogen-bond donors (Lipinski definition) is 2. The van der Waals surface area contributed by atoms with Crippen LogP contribution in [0.15, 0.2) is 24.3 Å². The molecule has 1 saturated heterocycles. The van der Waals surface area contributed by atoms with Gasteiger partial charge in [-0.3, -0.25) is 9.59 Å². The van der Waals surface area contributed by atoms with Gasteiger partial charge in [-0.05, 0) is 30.7 Å². The van der Waals surface area contributed by atoms with E-state index in [4.69, 9.17) is 9.72 Å². The summed E-state index contributed by atoms with van der Waals surface area (Å²) in [6, 6.07) is 7.38. The number of hydrogen-bond acceptors (Lipinski definition) is 7. The van der Waals surface area contributed by atoms with E-state index < -0.39 is 0 Å². The highest BCUT2D eigenvalue weighted by Gasteiger charge is 2.33. The molecule has 4 rings (SSSR count). The molecule has 0 radical (unpaired) electrons. The number of nitrogens with zero attached hydrogens (tertiary/aromatic N) is 4. The highest BCUT2D eigenvalue weighted by Crippen LogP contribution is 2.31. The van der Waals surface area contributed by atoms with Crippen LogP contribution in [0.4, 0.5) is 23.1 Å². The Morgan fingerprint density at radius 3 is 2.50 bits per heavy atom. The molecule has 2 amide bonds. The van der Waals surface area contributed by atoms with Crippen molar-refractivity contribution in [3.8, 4) is 0 Å². The fourth-order valence-corrected chi connectivity index (χ4v) is 3.65. The van der Waals surface area contributed by atoms with Crippen LogP contribution in [0.3, 0.4) is 0 Å². The van der Waals surface area contributed by atoms with Gasteiger partial charge in [0.15, 0.2) is 0 Å². The van der Waals surface area contributed by atoms with Crippen molar-refractivity contribution in [1.29, 1.82) is 0 Å². The largest absolute Gasteiger partial charge is 0.378 e. The van der Waals surface area contributed by atoms with Gasteiger partial charge in [0, 0.05) is 43.5 Å². The Labute approximate surface area is 175 Å². The first-order valence-electron chi connectivity index (χ1n) is 10.2. The zero-order valence-electron chi connectivity index (χ0n) is 17.3. The summed E-state index contributed by atoms with van der Waals surface area (Å²) in [6.45, 7) is 7.32. The molecule has 1 fully saturated rings. The van der Waals surface area contributed by atoms with E-state index in [1.165, 1.54) is 6.92 Å². The van der Waals surface area contributed by atoms with Crippen LogP contribution >= 0.6 is 0 Å². The Morgan fingerprint density at radius 1 is 1.13 bits per heavy atom. The van der Waals surface area contributed by atoms with Crippen LogP contribution in [0.1, 0.15) is 36.3 Å². The van der Waals surface area contributed by atoms with Gasteiger partial charge in [-0.1, -0.05) is 6.92 Å². The smallest absolute Gasteiger partial charge is 0.273 e. The Morgan fingerprint density at radius 2 is 1.83 bits per heavy atom. The lowest BCUT2D eigenvalue weighted by Crippen LogP contribution is -2.37. The normalized spacial score (nSPS) is 15.9. The number of benzene rings is 1. The molecule has 1 aromatic heterocycles. The summed E-state index contributed by atoms with van der Waals surface area (Å²) in [7, 11) is 0. The summed E-state index contributed by atoms with van der Waals surface area (Å²) in [4.78, 5) is 37.4. The molecular formula is C21H26N6O3. The highest BCUT2D eigenvalue weighted by atomic mass is 16.5. The van der Waals surface area contributed by atoms with Gasteiger partial charge in [0.2, 0.25) is 11.9 Å². The number of anilines is 4. The van der Waals surface area contributed by atoms with Crippen LogP contribution in [0.2, 0.25) is 0 Å². The number of aromatic nitrogens is 2. The van der Waals surface area contributed by atoms with Crippen LogP contribution < -0.4 is 15.5 Å². The predicted molar refractivity (Wildman–Crippen MR) is 114 cm³/mol. The third-order valence-corrected chi connectivity index (χ3v) is 5.09. The van der Waals surface area contributed by atoms with E-state index in [0.29, 0.717) is 56.9 Å². The van der Waals surface area contributed by atoms with Crippen molar-refractivity contribution >= 4 is 35.0 Å². The molecule has 3 heterocycles. The number of fused-ring (bicyclic) bond motifs is 1. The summed E-state index contributed by atoms with van der Waals surface area (Å²) in [5, 5.41) is 6.10. The van der Waals surface area contributed by atoms with Crippen molar-refractivity contribution in [2.45, 2.75) is 26.8 Å². The van der Waals surface area contributed by atoms with E-state index in [0.717, 1.165) is 23.4 Å². The minimum Gasteiger partial charge on any atom is -0.378 e. The van der Waals surface area contributed by atoms with E-state index in [-0.39, 0.29) is 11.8 Å². The Bertz CT molecular complexity index is 941. The molecule has 1 aromatic carbocycles. The number of nitrogens with one attached hydrogen (secondary N) is 2. The molecule has 9 heteroatoms. The third-order valence-electron chi connectivity index (χ3n) is 5.09. The minimum atomic E-state index is -0.117. The standard InChI is InChI=1S/C21H26N6O3/c1-3-8-27-13-17-18(20(27)29)24-21(26-9-11-30-12-10-26)25-19(17)23-16-6-4-15(5-7-16)22-14(2)28/h4-7H,3,8-13H2,1-2H3,(H,22,28)(H,23,24,25). The van der Waals surface area contributed by atoms with E-state index in [1.807, 2.05) is 34.1 Å². The lowest BCUT2D eigenvalue weighted by Gasteiger charge is -2.27. The Hall–Kier alpha value is -3.20. The second kappa shape index (κ2) is 8.66. The fraction of sp³-hybridized carbons (Fsp3) is 0.429. The van der Waals surface area contributed by atoms with Crippen molar-refractivity contribution in [1.82, 2.24) is 14.9 Å². The van der Waals surface area contributed by atoms with Crippen LogP contribution in [-0.4, -0.2) is 59.5 Å². The second-order valence-electron chi connectivity index (χ2n) is 7.41. The summed E-state index contributed by atoms with van der Waals surface area (Å²) in [6.07, 6.45) is 0.886. The number of amides is 2. The van der Waals surface area contributed by atoms with E-state index in [2.05, 4.69) is 22.5 Å². The van der Waals surface area contributed by atoms with Gasteiger partial charge in [-0.25, -0.2) is 4.98 Å². The molecule has 158 valence electrons. The average Bonchev–Trinajstić information content (AvgIpc) is 3.06.